The molecular weight excluding hydrogens is 376 g/mol. The molecule has 0 atom stereocenters. The summed E-state index contributed by atoms with van der Waals surface area (Å²) in [6.07, 6.45) is 6.85. The molecule has 3 aliphatic heterocycles. The number of carbonyl (C=O) groups is 2. The summed E-state index contributed by atoms with van der Waals surface area (Å²) in [6.45, 7) is 6.42. The van der Waals surface area contributed by atoms with Gasteiger partial charge in [-0.25, -0.2) is 0 Å². The first kappa shape index (κ1) is 19.6. The molecule has 0 saturated carbocycles. The highest BCUT2D eigenvalue weighted by Gasteiger charge is 2.28. The van der Waals surface area contributed by atoms with E-state index < -0.39 is 0 Å². The van der Waals surface area contributed by atoms with Gasteiger partial charge in [0.05, 0.1) is 0 Å². The van der Waals surface area contributed by atoms with Crippen LogP contribution in [0.15, 0.2) is 0 Å². The molecule has 0 spiro atoms. The molecule has 4 rings (SSSR count). The standard InChI is InChI=1S/C19H30N6O2S/c26-16-5-1-2-11-25(16)19-22-21-18(28-19)24-12-6-15(7-13-24)17(27)20-8-14-23-9-3-4-10-23/h15H,1-14H2,(H,20,27). The first-order valence-electron chi connectivity index (χ1n) is 10.6. The fraction of sp³-hybridized carbons (Fsp3) is 0.789. The molecule has 3 saturated heterocycles. The molecule has 0 aromatic carbocycles. The number of hydrogen-bond acceptors (Lipinski definition) is 7. The van der Waals surface area contributed by atoms with Crippen molar-refractivity contribution in [2.45, 2.75) is 44.9 Å². The number of nitrogens with zero attached hydrogens (tertiary/aromatic N) is 5. The van der Waals surface area contributed by atoms with Crippen LogP contribution in [0.1, 0.15) is 44.9 Å². The second-order valence-corrected chi connectivity index (χ2v) is 8.91. The van der Waals surface area contributed by atoms with Crippen LogP contribution in [0.3, 0.4) is 0 Å². The Bertz CT molecular complexity index is 682. The molecule has 8 nitrogen and oxygen atoms in total. The average Bonchev–Trinajstić information content (AvgIpc) is 3.41. The van der Waals surface area contributed by atoms with Gasteiger partial charge in [0.1, 0.15) is 0 Å². The molecule has 0 bridgehead atoms. The summed E-state index contributed by atoms with van der Waals surface area (Å²) in [4.78, 5) is 30.9. The molecule has 1 aromatic rings. The monoisotopic (exact) mass is 406 g/mol. The fourth-order valence-electron chi connectivity index (χ4n) is 4.27. The van der Waals surface area contributed by atoms with Gasteiger partial charge in [-0.15, -0.1) is 10.2 Å². The first-order chi connectivity index (χ1) is 13.7. The summed E-state index contributed by atoms with van der Waals surface area (Å²) in [5.41, 5.74) is 0. The number of amides is 2. The molecular formula is C19H30N6O2S. The summed E-state index contributed by atoms with van der Waals surface area (Å²) in [5, 5.41) is 13.2. The van der Waals surface area contributed by atoms with Crippen molar-refractivity contribution < 1.29 is 9.59 Å². The quantitative estimate of drug-likeness (QED) is 0.771. The molecule has 1 aromatic heterocycles. The minimum Gasteiger partial charge on any atom is -0.355 e. The van der Waals surface area contributed by atoms with Gasteiger partial charge in [0, 0.05) is 45.1 Å². The highest BCUT2D eigenvalue weighted by atomic mass is 32.1. The second-order valence-electron chi connectivity index (χ2n) is 7.97. The molecule has 3 fully saturated rings. The lowest BCUT2D eigenvalue weighted by Crippen LogP contribution is -2.42. The molecule has 1 N–H and O–H groups in total. The van der Waals surface area contributed by atoms with Crippen LogP contribution in [0.5, 0.6) is 0 Å². The van der Waals surface area contributed by atoms with Crippen LogP contribution >= 0.6 is 11.3 Å². The topological polar surface area (TPSA) is 81.7 Å². The Kier molecular flexibility index (Phi) is 6.41. The van der Waals surface area contributed by atoms with Gasteiger partial charge in [-0.2, -0.15) is 0 Å². The van der Waals surface area contributed by atoms with Crippen LogP contribution in [0, 0.1) is 5.92 Å². The van der Waals surface area contributed by atoms with E-state index >= 15 is 0 Å². The zero-order valence-electron chi connectivity index (χ0n) is 16.4. The molecule has 0 aliphatic carbocycles. The Labute approximate surface area is 170 Å². The summed E-state index contributed by atoms with van der Waals surface area (Å²) in [7, 11) is 0. The number of rotatable bonds is 6. The van der Waals surface area contributed by atoms with Crippen molar-refractivity contribution in [2.24, 2.45) is 5.92 Å². The Morgan fingerprint density at radius 3 is 2.46 bits per heavy atom. The average molecular weight is 407 g/mol. The summed E-state index contributed by atoms with van der Waals surface area (Å²) >= 11 is 1.49. The second kappa shape index (κ2) is 9.17. The van der Waals surface area contributed by atoms with E-state index in [2.05, 4.69) is 25.3 Å². The minimum absolute atomic E-state index is 0.0888. The lowest BCUT2D eigenvalue weighted by atomic mass is 9.96. The Morgan fingerprint density at radius 2 is 1.71 bits per heavy atom. The third kappa shape index (κ3) is 4.63. The summed E-state index contributed by atoms with van der Waals surface area (Å²) in [5.74, 6) is 0.430. The maximum Gasteiger partial charge on any atom is 0.228 e. The van der Waals surface area contributed by atoms with E-state index in [0.29, 0.717) is 11.6 Å². The van der Waals surface area contributed by atoms with E-state index in [-0.39, 0.29) is 17.7 Å². The van der Waals surface area contributed by atoms with Crippen molar-refractivity contribution in [1.82, 2.24) is 20.4 Å². The molecule has 2 amide bonds. The molecule has 154 valence electrons. The van der Waals surface area contributed by atoms with E-state index in [1.807, 2.05) is 0 Å². The fourth-order valence-corrected chi connectivity index (χ4v) is 5.22. The van der Waals surface area contributed by atoms with Gasteiger partial charge >= 0.3 is 0 Å². The van der Waals surface area contributed by atoms with Crippen LogP contribution in [0.4, 0.5) is 10.3 Å². The van der Waals surface area contributed by atoms with Gasteiger partial charge in [-0.05, 0) is 51.6 Å². The third-order valence-corrected chi connectivity index (χ3v) is 7.03. The van der Waals surface area contributed by atoms with E-state index in [9.17, 15) is 9.59 Å². The van der Waals surface area contributed by atoms with Gasteiger partial charge in [0.15, 0.2) is 0 Å². The number of hydrogen-bond donors (Lipinski definition) is 1. The van der Waals surface area contributed by atoms with Crippen molar-refractivity contribution in [3.63, 3.8) is 0 Å². The number of anilines is 2. The summed E-state index contributed by atoms with van der Waals surface area (Å²) < 4.78 is 0. The van der Waals surface area contributed by atoms with E-state index in [0.717, 1.165) is 63.5 Å². The van der Waals surface area contributed by atoms with Gasteiger partial charge < -0.3 is 15.1 Å². The lowest BCUT2D eigenvalue weighted by Gasteiger charge is -2.31. The van der Waals surface area contributed by atoms with E-state index in [4.69, 9.17) is 0 Å². The Morgan fingerprint density at radius 1 is 1.00 bits per heavy atom. The Hall–Kier alpha value is -1.74. The van der Waals surface area contributed by atoms with Crippen molar-refractivity contribution >= 4 is 33.4 Å². The van der Waals surface area contributed by atoms with E-state index in [1.54, 1.807) is 4.90 Å². The molecule has 4 heterocycles. The van der Waals surface area contributed by atoms with Crippen LogP contribution in [-0.4, -0.2) is 72.7 Å². The predicted octanol–water partition coefficient (Wildman–Crippen LogP) is 1.48. The SMILES string of the molecule is O=C(NCCN1CCCC1)C1CCN(c2nnc(N3CCCCC3=O)s2)CC1. The van der Waals surface area contributed by atoms with Crippen molar-refractivity contribution in [3.8, 4) is 0 Å². The van der Waals surface area contributed by atoms with Gasteiger partial charge in [-0.3, -0.25) is 14.5 Å². The maximum absolute atomic E-state index is 12.4. The largest absolute Gasteiger partial charge is 0.355 e. The minimum atomic E-state index is 0.0888. The van der Waals surface area contributed by atoms with Crippen LogP contribution in [-0.2, 0) is 9.59 Å². The van der Waals surface area contributed by atoms with Crippen molar-refractivity contribution in [3.05, 3.63) is 0 Å². The summed E-state index contributed by atoms with van der Waals surface area (Å²) in [6, 6.07) is 0. The maximum atomic E-state index is 12.4. The zero-order chi connectivity index (χ0) is 19.3. The number of likely N-dealkylation sites (tertiary alicyclic amines) is 1. The molecule has 28 heavy (non-hydrogen) atoms. The van der Waals surface area contributed by atoms with Crippen LogP contribution < -0.4 is 15.1 Å². The van der Waals surface area contributed by atoms with Gasteiger partial charge in [-0.1, -0.05) is 11.3 Å². The van der Waals surface area contributed by atoms with Crippen molar-refractivity contribution in [2.75, 3.05) is 55.6 Å². The van der Waals surface area contributed by atoms with Crippen LogP contribution in [0.2, 0.25) is 0 Å². The normalized spacial score (nSPS) is 22.1. The zero-order valence-corrected chi connectivity index (χ0v) is 17.3. The van der Waals surface area contributed by atoms with E-state index in [1.165, 1.54) is 37.3 Å². The van der Waals surface area contributed by atoms with Crippen molar-refractivity contribution in [1.29, 1.82) is 0 Å². The Balaban J connectivity index is 1.22. The highest BCUT2D eigenvalue weighted by Crippen LogP contribution is 2.31. The molecule has 3 aliphatic rings. The number of piperidine rings is 2. The molecule has 0 unspecified atom stereocenters. The predicted molar refractivity (Wildman–Crippen MR) is 110 cm³/mol. The first-order valence-corrected chi connectivity index (χ1v) is 11.4. The smallest absolute Gasteiger partial charge is 0.228 e. The highest BCUT2D eigenvalue weighted by molar-refractivity contribution is 7.19. The number of carbonyl (C=O) groups excluding carboxylic acids is 2. The third-order valence-electron chi connectivity index (χ3n) is 6.02. The number of aromatic nitrogens is 2. The number of nitrogens with one attached hydrogen (secondary N) is 1. The molecule has 9 heteroatoms. The molecule has 0 radical (unpaired) electrons. The van der Waals surface area contributed by atoms with Gasteiger partial charge in [0.25, 0.3) is 0 Å². The van der Waals surface area contributed by atoms with Crippen LogP contribution in [0.25, 0.3) is 0 Å². The lowest BCUT2D eigenvalue weighted by molar-refractivity contribution is -0.125. The van der Waals surface area contributed by atoms with Gasteiger partial charge in [0.2, 0.25) is 22.1 Å².